The Morgan fingerprint density at radius 2 is 1.96 bits per heavy atom. The van der Waals surface area contributed by atoms with Crippen molar-refractivity contribution in [1.82, 2.24) is 10.6 Å². The molecule has 0 aliphatic rings. The molecule has 0 fully saturated rings. The molecule has 0 aromatic heterocycles. The van der Waals surface area contributed by atoms with E-state index in [1.54, 1.807) is 25.3 Å². The van der Waals surface area contributed by atoms with E-state index in [4.69, 9.17) is 27.9 Å². The number of halogens is 2. The normalized spacial score (nSPS) is 11.7. The molecule has 0 saturated carbocycles. The predicted molar refractivity (Wildman–Crippen MR) is 93.2 cm³/mol. The van der Waals surface area contributed by atoms with Crippen LogP contribution < -0.4 is 15.4 Å². The molecule has 0 aliphatic heterocycles. The topological polar surface area (TPSA) is 50.4 Å². The molecule has 0 saturated heterocycles. The van der Waals surface area contributed by atoms with Crippen molar-refractivity contribution in [3.05, 3.63) is 63.6 Å². The Morgan fingerprint density at radius 1 is 1.22 bits per heavy atom. The Hall–Kier alpha value is -1.91. The fraction of sp³-hybridized carbons (Fsp3) is 0.235. The number of benzene rings is 2. The lowest BCUT2D eigenvalue weighted by Crippen LogP contribution is -2.36. The highest BCUT2D eigenvalue weighted by Gasteiger charge is 2.13. The lowest BCUT2D eigenvalue weighted by Gasteiger charge is -2.17. The molecule has 0 aliphatic carbocycles. The Kier molecular flexibility index (Phi) is 6.13. The minimum absolute atomic E-state index is 0.238. The van der Waals surface area contributed by atoms with Crippen LogP contribution in [0.1, 0.15) is 24.1 Å². The van der Waals surface area contributed by atoms with Gasteiger partial charge in [-0.2, -0.15) is 0 Å². The number of carbonyl (C=O) groups excluding carboxylic acids is 1. The summed E-state index contributed by atoms with van der Waals surface area (Å²) in [4.78, 5) is 12.0. The van der Waals surface area contributed by atoms with E-state index in [1.807, 2.05) is 31.2 Å². The zero-order valence-electron chi connectivity index (χ0n) is 12.9. The molecular weight excluding hydrogens is 335 g/mol. The molecule has 2 aromatic rings. The van der Waals surface area contributed by atoms with Crippen LogP contribution in [0.15, 0.2) is 42.5 Å². The van der Waals surface area contributed by atoms with Gasteiger partial charge in [0.15, 0.2) is 0 Å². The van der Waals surface area contributed by atoms with Crippen LogP contribution in [-0.4, -0.2) is 13.1 Å². The molecule has 0 spiro atoms. The second-order valence-corrected chi connectivity index (χ2v) is 5.87. The first-order valence-electron chi connectivity index (χ1n) is 7.12. The molecule has 2 rings (SSSR count). The Balaban J connectivity index is 1.94. The van der Waals surface area contributed by atoms with Gasteiger partial charge in [0.2, 0.25) is 0 Å². The Bertz CT molecular complexity index is 692. The lowest BCUT2D eigenvalue weighted by molar-refractivity contribution is 0.237. The number of carbonyl (C=O) groups is 1. The van der Waals surface area contributed by atoms with E-state index in [2.05, 4.69) is 10.6 Å². The van der Waals surface area contributed by atoms with Gasteiger partial charge in [0.25, 0.3) is 0 Å². The average molecular weight is 353 g/mol. The highest BCUT2D eigenvalue weighted by molar-refractivity contribution is 6.35. The number of methoxy groups -OCH3 is 1. The molecule has 1 atom stereocenters. The number of amides is 2. The monoisotopic (exact) mass is 352 g/mol. The standard InChI is InChI=1S/C17H18Cl2N2O2/c1-11(14-8-7-13(18)9-15(14)19)21-17(22)20-10-12-5-3-4-6-16(12)23-2/h3-9,11H,10H2,1-2H3,(H2,20,21,22)/t11-/m1/s1. The van der Waals surface area contributed by atoms with Gasteiger partial charge in [-0.05, 0) is 30.7 Å². The summed E-state index contributed by atoms with van der Waals surface area (Å²) in [6.45, 7) is 2.23. The summed E-state index contributed by atoms with van der Waals surface area (Å²) in [6.07, 6.45) is 0. The van der Waals surface area contributed by atoms with Crippen LogP contribution in [-0.2, 0) is 6.54 Å². The van der Waals surface area contributed by atoms with Crippen molar-refractivity contribution >= 4 is 29.2 Å². The van der Waals surface area contributed by atoms with Crippen molar-refractivity contribution < 1.29 is 9.53 Å². The number of ether oxygens (including phenoxy) is 1. The fourth-order valence-corrected chi connectivity index (χ4v) is 2.77. The van der Waals surface area contributed by atoms with Crippen molar-refractivity contribution in [3.63, 3.8) is 0 Å². The Labute approximate surface area is 145 Å². The number of hydrogen-bond donors (Lipinski definition) is 2. The highest BCUT2D eigenvalue weighted by atomic mass is 35.5. The SMILES string of the molecule is COc1ccccc1CNC(=O)N[C@H](C)c1ccc(Cl)cc1Cl. The van der Waals surface area contributed by atoms with Crippen molar-refractivity contribution in [2.24, 2.45) is 0 Å². The molecule has 2 amide bonds. The molecule has 2 N–H and O–H groups in total. The molecular formula is C17H18Cl2N2O2. The zero-order valence-corrected chi connectivity index (χ0v) is 14.4. The maximum atomic E-state index is 12.0. The number of rotatable bonds is 5. The van der Waals surface area contributed by atoms with E-state index < -0.39 is 0 Å². The summed E-state index contributed by atoms with van der Waals surface area (Å²) in [5, 5.41) is 6.74. The van der Waals surface area contributed by atoms with Gasteiger partial charge < -0.3 is 15.4 Å². The van der Waals surface area contributed by atoms with Crippen LogP contribution in [0.2, 0.25) is 10.0 Å². The van der Waals surface area contributed by atoms with Gasteiger partial charge in [0.1, 0.15) is 5.75 Å². The third kappa shape index (κ3) is 4.78. The predicted octanol–water partition coefficient (Wildman–Crippen LogP) is 4.56. The summed E-state index contributed by atoms with van der Waals surface area (Å²) < 4.78 is 5.25. The van der Waals surface area contributed by atoms with Gasteiger partial charge in [-0.15, -0.1) is 0 Å². The first-order valence-corrected chi connectivity index (χ1v) is 7.88. The summed E-state index contributed by atoms with van der Waals surface area (Å²) >= 11 is 12.0. The number of urea groups is 1. The van der Waals surface area contributed by atoms with Gasteiger partial charge in [-0.3, -0.25) is 0 Å². The molecule has 4 nitrogen and oxygen atoms in total. The summed E-state index contributed by atoms with van der Waals surface area (Å²) in [7, 11) is 1.60. The van der Waals surface area contributed by atoms with Gasteiger partial charge in [-0.25, -0.2) is 4.79 Å². The minimum atomic E-state index is -0.283. The van der Waals surface area contributed by atoms with E-state index >= 15 is 0 Å². The highest BCUT2D eigenvalue weighted by Crippen LogP contribution is 2.26. The molecule has 0 heterocycles. The van der Waals surface area contributed by atoms with E-state index in [1.165, 1.54) is 0 Å². The zero-order chi connectivity index (χ0) is 16.8. The number of nitrogens with one attached hydrogen (secondary N) is 2. The minimum Gasteiger partial charge on any atom is -0.496 e. The van der Waals surface area contributed by atoms with Gasteiger partial charge in [0.05, 0.1) is 13.2 Å². The van der Waals surface area contributed by atoms with Crippen molar-refractivity contribution in [2.75, 3.05) is 7.11 Å². The maximum absolute atomic E-state index is 12.0. The molecule has 23 heavy (non-hydrogen) atoms. The fourth-order valence-electron chi connectivity index (χ4n) is 2.20. The number of para-hydroxylation sites is 1. The van der Waals surface area contributed by atoms with Crippen LogP contribution >= 0.6 is 23.2 Å². The lowest BCUT2D eigenvalue weighted by atomic mass is 10.1. The van der Waals surface area contributed by atoms with Crippen LogP contribution in [0.5, 0.6) is 5.75 Å². The van der Waals surface area contributed by atoms with Crippen LogP contribution in [0, 0.1) is 0 Å². The van der Waals surface area contributed by atoms with Crippen molar-refractivity contribution in [2.45, 2.75) is 19.5 Å². The first-order chi connectivity index (χ1) is 11.0. The van der Waals surface area contributed by atoms with Gasteiger partial charge >= 0.3 is 6.03 Å². The summed E-state index contributed by atoms with van der Waals surface area (Å²) in [5.74, 6) is 0.738. The van der Waals surface area contributed by atoms with Gasteiger partial charge in [-0.1, -0.05) is 47.5 Å². The third-order valence-electron chi connectivity index (χ3n) is 3.41. The van der Waals surface area contributed by atoms with Crippen LogP contribution in [0.3, 0.4) is 0 Å². The molecule has 0 bridgehead atoms. The molecule has 0 radical (unpaired) electrons. The van der Waals surface area contributed by atoms with Gasteiger partial charge in [0, 0.05) is 22.2 Å². The summed E-state index contributed by atoms with van der Waals surface area (Å²) in [5.41, 5.74) is 1.71. The quantitative estimate of drug-likeness (QED) is 0.828. The Morgan fingerprint density at radius 3 is 2.65 bits per heavy atom. The molecule has 122 valence electrons. The molecule has 6 heteroatoms. The van der Waals surface area contributed by atoms with Crippen LogP contribution in [0.25, 0.3) is 0 Å². The van der Waals surface area contributed by atoms with E-state index in [-0.39, 0.29) is 12.1 Å². The average Bonchev–Trinajstić information content (AvgIpc) is 2.53. The van der Waals surface area contributed by atoms with E-state index in [0.717, 1.165) is 16.9 Å². The maximum Gasteiger partial charge on any atom is 0.315 e. The van der Waals surface area contributed by atoms with Crippen molar-refractivity contribution in [3.8, 4) is 5.75 Å². The third-order valence-corrected chi connectivity index (χ3v) is 3.97. The smallest absolute Gasteiger partial charge is 0.315 e. The van der Waals surface area contributed by atoms with Crippen LogP contribution in [0.4, 0.5) is 4.79 Å². The number of hydrogen-bond acceptors (Lipinski definition) is 2. The van der Waals surface area contributed by atoms with E-state index in [9.17, 15) is 4.79 Å². The van der Waals surface area contributed by atoms with E-state index in [0.29, 0.717) is 16.6 Å². The molecule has 2 aromatic carbocycles. The first kappa shape index (κ1) is 17.4. The second-order valence-electron chi connectivity index (χ2n) is 5.03. The van der Waals surface area contributed by atoms with Crippen molar-refractivity contribution in [1.29, 1.82) is 0 Å². The summed E-state index contributed by atoms with van der Waals surface area (Å²) in [6, 6.07) is 12.2. The largest absolute Gasteiger partial charge is 0.496 e. The molecule has 0 unspecified atom stereocenters. The second kappa shape index (κ2) is 8.09.